The highest BCUT2D eigenvalue weighted by Crippen LogP contribution is 2.20. The van der Waals surface area contributed by atoms with Gasteiger partial charge in [0, 0.05) is 26.6 Å². The fraction of sp³-hybridized carbons (Fsp3) is 0.690. The van der Waals surface area contributed by atoms with Crippen LogP contribution in [0, 0.1) is 11.8 Å². The van der Waals surface area contributed by atoms with Crippen LogP contribution in [0.4, 0.5) is 4.79 Å². The van der Waals surface area contributed by atoms with Gasteiger partial charge in [0.1, 0.15) is 24.2 Å². The summed E-state index contributed by atoms with van der Waals surface area (Å²) in [5.74, 6) is -6.62. The van der Waals surface area contributed by atoms with Crippen molar-refractivity contribution in [3.8, 4) is 0 Å². The van der Waals surface area contributed by atoms with E-state index < -0.39 is 90.5 Å². The molecule has 0 saturated carbocycles. The Labute approximate surface area is 284 Å². The molecule has 0 aromatic carbocycles. The van der Waals surface area contributed by atoms with Crippen LogP contribution < -0.4 is 43.9 Å². The lowest BCUT2D eigenvalue weighted by molar-refractivity contribution is -0.142. The Morgan fingerprint density at radius 1 is 0.939 bits per heavy atom. The summed E-state index contributed by atoms with van der Waals surface area (Å²) < 4.78 is 0. The first-order chi connectivity index (χ1) is 22.8. The van der Waals surface area contributed by atoms with E-state index in [1.165, 1.54) is 11.8 Å². The lowest BCUT2D eigenvalue weighted by atomic mass is 10.0. The molecule has 1 fully saturated rings. The molecular formula is C29H51N11O9. The van der Waals surface area contributed by atoms with Gasteiger partial charge in [-0.15, -0.1) is 0 Å². The minimum absolute atomic E-state index is 0.0563. The maximum absolute atomic E-state index is 13.6. The average Bonchev–Trinajstić information content (AvgIpc) is 3.48. The molecule has 1 aliphatic rings. The van der Waals surface area contributed by atoms with E-state index in [4.69, 9.17) is 17.2 Å². The van der Waals surface area contributed by atoms with Gasteiger partial charge in [-0.2, -0.15) is 0 Å². The maximum atomic E-state index is 13.6. The standard InChI is InChI=1S/C29H51N11O9/c1-15(2)14-40(29(49)37-23(16(3)4)27(48)39-11-7-9-20(39)26(47)34-13-21(30)42)38-25(46)19(12-22(43)44)36-24(45)18(35-17(5)41)8-6-10-33-28(31)32/h15-16,18-20,23H,6-14H2,1-5H3,(H2,30,42)(H,34,47)(H,35,41)(H,36,45)(H,37,49)(H,38,46)(H,43,44)(H4,31,32,33)/t18-,19-,20-,23-/m0/s1. The predicted octanol–water partition coefficient (Wildman–Crippen LogP) is -3.18. The number of nitrogens with zero attached hydrogens (tertiary/aromatic N) is 3. The molecule has 0 aromatic rings. The number of hydrogen-bond acceptors (Lipinski definition) is 9. The molecule has 1 rings (SSSR count). The molecule has 1 aliphatic heterocycles. The number of rotatable bonds is 18. The van der Waals surface area contributed by atoms with Crippen molar-refractivity contribution < 1.29 is 43.5 Å². The van der Waals surface area contributed by atoms with Crippen molar-refractivity contribution in [2.45, 2.75) is 90.9 Å². The summed E-state index contributed by atoms with van der Waals surface area (Å²) in [4.78, 5) is 106. The van der Waals surface area contributed by atoms with E-state index in [1.807, 2.05) is 0 Å². The number of urea groups is 1. The van der Waals surface area contributed by atoms with Crippen LogP contribution in [0.15, 0.2) is 4.99 Å². The Bertz CT molecular complexity index is 1250. The monoisotopic (exact) mass is 697 g/mol. The highest BCUT2D eigenvalue weighted by molar-refractivity contribution is 5.96. The molecule has 20 heteroatoms. The van der Waals surface area contributed by atoms with Gasteiger partial charge < -0.3 is 48.5 Å². The van der Waals surface area contributed by atoms with E-state index in [9.17, 15) is 43.5 Å². The molecular weight excluding hydrogens is 646 g/mol. The molecule has 1 saturated heterocycles. The van der Waals surface area contributed by atoms with Crippen LogP contribution in [0.3, 0.4) is 0 Å². The lowest BCUT2D eigenvalue weighted by Gasteiger charge is -2.33. The second kappa shape index (κ2) is 20.3. The molecule has 0 aliphatic carbocycles. The first-order valence-corrected chi connectivity index (χ1v) is 15.9. The van der Waals surface area contributed by atoms with Crippen LogP contribution in [-0.2, 0) is 33.6 Å². The van der Waals surface area contributed by atoms with Gasteiger partial charge in [0.15, 0.2) is 5.96 Å². The van der Waals surface area contributed by atoms with E-state index in [2.05, 4.69) is 31.7 Å². The zero-order valence-electron chi connectivity index (χ0n) is 28.6. The molecule has 0 aromatic heterocycles. The first-order valence-electron chi connectivity index (χ1n) is 15.9. The fourth-order valence-corrected chi connectivity index (χ4v) is 4.93. The summed E-state index contributed by atoms with van der Waals surface area (Å²) >= 11 is 0. The molecule has 12 N–H and O–H groups in total. The molecule has 0 bridgehead atoms. The predicted molar refractivity (Wildman–Crippen MR) is 175 cm³/mol. The van der Waals surface area contributed by atoms with Crippen molar-refractivity contribution in [1.29, 1.82) is 0 Å². The van der Waals surface area contributed by atoms with E-state index in [0.717, 1.165) is 5.01 Å². The van der Waals surface area contributed by atoms with Gasteiger partial charge >= 0.3 is 12.0 Å². The summed E-state index contributed by atoms with van der Waals surface area (Å²) in [6.07, 6.45) is 0.294. The Balaban J connectivity index is 3.17. The van der Waals surface area contributed by atoms with Gasteiger partial charge in [0.05, 0.1) is 13.0 Å². The minimum Gasteiger partial charge on any atom is -0.481 e. The SMILES string of the molecule is CC(=O)N[C@@H](CCCN=C(N)N)C(=O)N[C@@H](CC(=O)O)C(=O)NN(CC(C)C)C(=O)N[C@H](C(=O)N1CCC[C@H]1C(=O)NCC(N)=O)C(C)C. The number of amides is 8. The number of hydrazine groups is 1. The van der Waals surface area contributed by atoms with E-state index >= 15 is 0 Å². The van der Waals surface area contributed by atoms with Crippen LogP contribution in [0.25, 0.3) is 0 Å². The maximum Gasteiger partial charge on any atom is 0.336 e. The second-order valence-corrected chi connectivity index (χ2v) is 12.4. The molecule has 49 heavy (non-hydrogen) atoms. The molecule has 20 nitrogen and oxygen atoms in total. The van der Waals surface area contributed by atoms with Crippen molar-refractivity contribution >= 4 is 53.4 Å². The van der Waals surface area contributed by atoms with Gasteiger partial charge in [-0.1, -0.05) is 27.7 Å². The van der Waals surface area contributed by atoms with Gasteiger partial charge in [-0.3, -0.25) is 44.0 Å². The molecule has 1 heterocycles. The number of carboxylic acids is 1. The number of hydrogen-bond donors (Lipinski definition) is 9. The van der Waals surface area contributed by atoms with E-state index in [1.54, 1.807) is 27.7 Å². The molecule has 8 amide bonds. The molecule has 0 unspecified atom stereocenters. The van der Waals surface area contributed by atoms with Crippen LogP contribution in [0.1, 0.15) is 66.7 Å². The number of nitrogens with one attached hydrogen (secondary N) is 5. The van der Waals surface area contributed by atoms with Crippen molar-refractivity contribution in [3.05, 3.63) is 0 Å². The Hall–Kier alpha value is -5.17. The third-order valence-electron chi connectivity index (χ3n) is 7.18. The van der Waals surface area contributed by atoms with Crippen molar-refractivity contribution in [2.75, 3.05) is 26.2 Å². The zero-order valence-corrected chi connectivity index (χ0v) is 28.6. The summed E-state index contributed by atoms with van der Waals surface area (Å²) in [7, 11) is 0. The minimum atomic E-state index is -1.67. The molecule has 276 valence electrons. The summed E-state index contributed by atoms with van der Waals surface area (Å²) in [5, 5.41) is 20.1. The summed E-state index contributed by atoms with van der Waals surface area (Å²) in [6.45, 7) is 7.91. The molecule has 0 radical (unpaired) electrons. The van der Waals surface area contributed by atoms with Gasteiger partial charge in [0.25, 0.3) is 5.91 Å². The van der Waals surface area contributed by atoms with E-state index in [0.29, 0.717) is 12.8 Å². The Morgan fingerprint density at radius 3 is 2.12 bits per heavy atom. The number of guanidine groups is 1. The number of carbonyl (C=O) groups is 8. The lowest BCUT2D eigenvalue weighted by Crippen LogP contribution is -2.62. The van der Waals surface area contributed by atoms with Crippen molar-refractivity contribution in [3.63, 3.8) is 0 Å². The third-order valence-corrected chi connectivity index (χ3v) is 7.18. The zero-order chi connectivity index (χ0) is 37.4. The van der Waals surface area contributed by atoms with Gasteiger partial charge in [-0.25, -0.2) is 9.80 Å². The highest BCUT2D eigenvalue weighted by atomic mass is 16.4. The molecule has 0 spiro atoms. The number of nitrogens with two attached hydrogens (primary N) is 3. The largest absolute Gasteiger partial charge is 0.481 e. The molecule has 4 atom stereocenters. The number of aliphatic carboxylic acids is 1. The number of carbonyl (C=O) groups excluding carboxylic acids is 7. The van der Waals surface area contributed by atoms with Crippen LogP contribution >= 0.6 is 0 Å². The van der Waals surface area contributed by atoms with Crippen LogP contribution in [-0.4, -0.2) is 119 Å². The Morgan fingerprint density at radius 2 is 1.59 bits per heavy atom. The number of aliphatic imine (C=N–C) groups is 1. The van der Waals surface area contributed by atoms with Crippen LogP contribution in [0.5, 0.6) is 0 Å². The number of carboxylic acid groups (broad SMARTS) is 1. The smallest absolute Gasteiger partial charge is 0.336 e. The fourth-order valence-electron chi connectivity index (χ4n) is 4.93. The van der Waals surface area contributed by atoms with Gasteiger partial charge in [0.2, 0.25) is 29.5 Å². The van der Waals surface area contributed by atoms with Crippen molar-refractivity contribution in [1.82, 2.24) is 36.6 Å². The quantitative estimate of drug-likeness (QED) is 0.0298. The second-order valence-electron chi connectivity index (χ2n) is 12.4. The topological polar surface area (TPSA) is 314 Å². The Kier molecular flexibility index (Phi) is 17.3. The highest BCUT2D eigenvalue weighted by Gasteiger charge is 2.39. The van der Waals surface area contributed by atoms with Crippen LogP contribution in [0.2, 0.25) is 0 Å². The van der Waals surface area contributed by atoms with E-state index in [-0.39, 0.29) is 44.4 Å². The number of likely N-dealkylation sites (tertiary alicyclic amines) is 1. The van der Waals surface area contributed by atoms with Crippen molar-refractivity contribution in [2.24, 2.45) is 34.0 Å². The summed E-state index contributed by atoms with van der Waals surface area (Å²) in [6, 6.07) is -5.76. The normalized spacial score (nSPS) is 15.7. The summed E-state index contributed by atoms with van der Waals surface area (Å²) in [5.41, 5.74) is 18.1. The third kappa shape index (κ3) is 15.1. The van der Waals surface area contributed by atoms with Gasteiger partial charge in [-0.05, 0) is 37.5 Å². The average molecular weight is 698 g/mol. The number of primary amides is 1. The first kappa shape index (κ1) is 41.9.